The Morgan fingerprint density at radius 2 is 2.00 bits per heavy atom. The third-order valence-electron chi connectivity index (χ3n) is 2.18. The van der Waals surface area contributed by atoms with Gasteiger partial charge in [0.05, 0.1) is 0 Å². The first kappa shape index (κ1) is 7.36. The predicted octanol–water partition coefficient (Wildman–Crippen LogP) is 1.74. The van der Waals surface area contributed by atoms with E-state index >= 15 is 0 Å². The van der Waals surface area contributed by atoms with Crippen LogP contribution < -0.4 is 5.73 Å². The van der Waals surface area contributed by atoms with Gasteiger partial charge in [0.15, 0.2) is 0 Å². The highest BCUT2D eigenvalue weighted by molar-refractivity contribution is 6.18. The lowest BCUT2D eigenvalue weighted by molar-refractivity contribution is 0.461. The molecule has 0 radical (unpaired) electrons. The second-order valence-corrected chi connectivity index (χ2v) is 3.17. The fraction of sp³-hybridized carbons (Fsp3) is 1.00. The van der Waals surface area contributed by atoms with Gasteiger partial charge >= 0.3 is 0 Å². The first-order chi connectivity index (χ1) is 4.34. The van der Waals surface area contributed by atoms with Crippen LogP contribution in [0, 0.1) is 5.92 Å². The van der Waals surface area contributed by atoms with E-state index in [1.165, 1.54) is 25.7 Å². The molecule has 0 amide bonds. The zero-order valence-corrected chi connectivity index (χ0v) is 6.40. The number of alkyl halides is 1. The topological polar surface area (TPSA) is 26.0 Å². The summed E-state index contributed by atoms with van der Waals surface area (Å²) >= 11 is 5.61. The molecule has 1 rings (SSSR count). The number of rotatable bonds is 2. The second kappa shape index (κ2) is 3.43. The smallest absolute Gasteiger partial charge is 0.0377 e. The quantitative estimate of drug-likeness (QED) is 0.592. The van der Waals surface area contributed by atoms with E-state index in [-0.39, 0.29) is 6.04 Å². The highest BCUT2D eigenvalue weighted by Crippen LogP contribution is 2.26. The summed E-state index contributed by atoms with van der Waals surface area (Å²) in [5.74, 6) is 1.35. The van der Waals surface area contributed by atoms with Gasteiger partial charge in [-0.1, -0.05) is 12.8 Å². The summed E-state index contributed by atoms with van der Waals surface area (Å²) in [6, 6.07) is 0.258. The van der Waals surface area contributed by atoms with Crippen molar-refractivity contribution in [3.8, 4) is 0 Å². The fourth-order valence-electron chi connectivity index (χ4n) is 1.51. The molecule has 0 aromatic carbocycles. The van der Waals surface area contributed by atoms with Crippen LogP contribution in [-0.4, -0.2) is 11.9 Å². The molecule has 0 aromatic rings. The van der Waals surface area contributed by atoms with Gasteiger partial charge in [0.2, 0.25) is 0 Å². The molecule has 0 aliphatic heterocycles. The van der Waals surface area contributed by atoms with Crippen LogP contribution >= 0.6 is 11.6 Å². The molecule has 9 heavy (non-hydrogen) atoms. The molecule has 1 nitrogen and oxygen atoms in total. The molecule has 54 valence electrons. The molecule has 0 heterocycles. The Morgan fingerprint density at radius 3 is 2.44 bits per heavy atom. The molecule has 1 fully saturated rings. The van der Waals surface area contributed by atoms with E-state index in [1.807, 2.05) is 0 Å². The van der Waals surface area contributed by atoms with E-state index < -0.39 is 0 Å². The van der Waals surface area contributed by atoms with Crippen molar-refractivity contribution in [1.29, 1.82) is 0 Å². The number of halogens is 1. The zero-order valence-electron chi connectivity index (χ0n) is 5.65. The minimum Gasteiger partial charge on any atom is -0.326 e. The Labute approximate surface area is 61.6 Å². The summed E-state index contributed by atoms with van der Waals surface area (Å²) in [7, 11) is 0. The van der Waals surface area contributed by atoms with E-state index in [0.717, 1.165) is 5.92 Å². The molecule has 2 heteroatoms. The molecule has 0 spiro atoms. The zero-order chi connectivity index (χ0) is 6.69. The normalized spacial score (nSPS) is 24.7. The molecular formula is C7H14ClN. The first-order valence-electron chi connectivity index (χ1n) is 3.66. The van der Waals surface area contributed by atoms with E-state index in [4.69, 9.17) is 17.3 Å². The van der Waals surface area contributed by atoms with E-state index in [9.17, 15) is 0 Å². The second-order valence-electron chi connectivity index (χ2n) is 2.86. The molecule has 0 bridgehead atoms. The van der Waals surface area contributed by atoms with Crippen molar-refractivity contribution < 1.29 is 0 Å². The van der Waals surface area contributed by atoms with Gasteiger partial charge in [-0.2, -0.15) is 0 Å². The number of hydrogen-bond donors (Lipinski definition) is 1. The number of hydrogen-bond acceptors (Lipinski definition) is 1. The third-order valence-corrected chi connectivity index (χ3v) is 2.54. The Morgan fingerprint density at radius 1 is 1.44 bits per heavy atom. The van der Waals surface area contributed by atoms with Crippen molar-refractivity contribution in [2.45, 2.75) is 31.7 Å². The molecule has 0 saturated heterocycles. The minimum atomic E-state index is 0.258. The Hall–Kier alpha value is 0.250. The van der Waals surface area contributed by atoms with Crippen molar-refractivity contribution in [2.24, 2.45) is 11.7 Å². The van der Waals surface area contributed by atoms with Crippen molar-refractivity contribution in [3.05, 3.63) is 0 Å². The highest BCUT2D eigenvalue weighted by atomic mass is 35.5. The molecule has 0 aromatic heterocycles. The van der Waals surface area contributed by atoms with Crippen molar-refractivity contribution >= 4 is 11.6 Å². The third kappa shape index (κ3) is 1.84. The van der Waals surface area contributed by atoms with Crippen molar-refractivity contribution in [1.82, 2.24) is 0 Å². The van der Waals surface area contributed by atoms with Gasteiger partial charge < -0.3 is 5.73 Å². The van der Waals surface area contributed by atoms with Gasteiger partial charge in [0, 0.05) is 11.9 Å². The Bertz CT molecular complexity index is 79.0. The van der Waals surface area contributed by atoms with Crippen LogP contribution in [0.25, 0.3) is 0 Å². The summed E-state index contributed by atoms with van der Waals surface area (Å²) < 4.78 is 0. The monoisotopic (exact) mass is 147 g/mol. The van der Waals surface area contributed by atoms with Crippen LogP contribution in [0.3, 0.4) is 0 Å². The highest BCUT2D eigenvalue weighted by Gasteiger charge is 2.20. The summed E-state index contributed by atoms with van der Waals surface area (Å²) in [5.41, 5.74) is 5.75. The fourth-order valence-corrected chi connectivity index (χ4v) is 1.76. The molecule has 2 N–H and O–H groups in total. The SMILES string of the molecule is NC(CCl)C1CCCC1. The average molecular weight is 148 g/mol. The largest absolute Gasteiger partial charge is 0.326 e. The van der Waals surface area contributed by atoms with Gasteiger partial charge in [-0.15, -0.1) is 11.6 Å². The molecule has 1 aliphatic rings. The van der Waals surface area contributed by atoms with Crippen molar-refractivity contribution in [2.75, 3.05) is 5.88 Å². The van der Waals surface area contributed by atoms with Crippen LogP contribution in [0.1, 0.15) is 25.7 Å². The summed E-state index contributed by atoms with van der Waals surface area (Å²) in [4.78, 5) is 0. The van der Waals surface area contributed by atoms with Crippen LogP contribution in [-0.2, 0) is 0 Å². The maximum atomic E-state index is 5.75. The van der Waals surface area contributed by atoms with Crippen LogP contribution in [0.5, 0.6) is 0 Å². The summed E-state index contributed by atoms with van der Waals surface area (Å²) in [5, 5.41) is 0. The average Bonchev–Trinajstić information content (AvgIpc) is 2.37. The molecule has 1 atom stereocenters. The summed E-state index contributed by atoms with van der Waals surface area (Å²) in [6.07, 6.45) is 5.31. The lowest BCUT2D eigenvalue weighted by Crippen LogP contribution is -2.29. The van der Waals surface area contributed by atoms with Crippen LogP contribution in [0.15, 0.2) is 0 Å². The van der Waals surface area contributed by atoms with Crippen molar-refractivity contribution in [3.63, 3.8) is 0 Å². The lowest BCUT2D eigenvalue weighted by atomic mass is 10.0. The van der Waals surface area contributed by atoms with E-state index in [2.05, 4.69) is 0 Å². The van der Waals surface area contributed by atoms with E-state index in [0.29, 0.717) is 5.88 Å². The van der Waals surface area contributed by atoms with Crippen LogP contribution in [0.2, 0.25) is 0 Å². The van der Waals surface area contributed by atoms with Gasteiger partial charge in [-0.05, 0) is 18.8 Å². The maximum Gasteiger partial charge on any atom is 0.0377 e. The standard InChI is InChI=1S/C7H14ClN/c8-5-7(9)6-3-1-2-4-6/h6-7H,1-5,9H2. The van der Waals surface area contributed by atoms with Gasteiger partial charge in [0.25, 0.3) is 0 Å². The number of nitrogens with two attached hydrogens (primary N) is 1. The van der Waals surface area contributed by atoms with Gasteiger partial charge in [-0.3, -0.25) is 0 Å². The predicted molar refractivity (Wildman–Crippen MR) is 40.7 cm³/mol. The Balaban J connectivity index is 2.24. The van der Waals surface area contributed by atoms with E-state index in [1.54, 1.807) is 0 Å². The minimum absolute atomic E-state index is 0.258. The Kier molecular flexibility index (Phi) is 2.80. The van der Waals surface area contributed by atoms with Crippen LogP contribution in [0.4, 0.5) is 0 Å². The molecule has 1 aliphatic carbocycles. The molecule has 1 unspecified atom stereocenters. The molecular weight excluding hydrogens is 134 g/mol. The van der Waals surface area contributed by atoms with Gasteiger partial charge in [-0.25, -0.2) is 0 Å². The first-order valence-corrected chi connectivity index (χ1v) is 4.19. The molecule has 1 saturated carbocycles. The van der Waals surface area contributed by atoms with Gasteiger partial charge in [0.1, 0.15) is 0 Å². The lowest BCUT2D eigenvalue weighted by Gasteiger charge is -2.14. The summed E-state index contributed by atoms with van der Waals surface area (Å²) in [6.45, 7) is 0. The maximum absolute atomic E-state index is 5.75.